The van der Waals surface area contributed by atoms with Crippen molar-refractivity contribution in [2.75, 3.05) is 25.1 Å². The van der Waals surface area contributed by atoms with Crippen LogP contribution in [-0.2, 0) is 9.59 Å². The average Bonchev–Trinajstić information content (AvgIpc) is 2.45. The van der Waals surface area contributed by atoms with Crippen LogP contribution in [-0.4, -0.2) is 32.0 Å². The largest absolute Gasteiger partial charge is 0.495 e. The van der Waals surface area contributed by atoms with Gasteiger partial charge in [-0.05, 0) is 18.6 Å². The molecule has 0 aliphatic rings. The van der Waals surface area contributed by atoms with Gasteiger partial charge in [0.1, 0.15) is 5.75 Å². The van der Waals surface area contributed by atoms with Crippen LogP contribution in [0.4, 0.5) is 5.69 Å². The number of carbonyl (C=O) groups excluding carboxylic acids is 2. The Morgan fingerprint density at radius 2 is 2.00 bits per heavy atom. The number of benzene rings is 1. The molecule has 0 heterocycles. The molecule has 22 heavy (non-hydrogen) atoms. The average molecular weight is 327 g/mol. The number of hydrogen-bond donors (Lipinski definition) is 1. The zero-order chi connectivity index (χ0) is 16.9. The summed E-state index contributed by atoms with van der Waals surface area (Å²) in [5.41, 5.74) is 1.51. The molecule has 0 saturated heterocycles. The molecule has 1 aromatic rings. The molecule has 0 radical (unpaired) electrons. The Labute approximate surface area is 136 Å². The van der Waals surface area contributed by atoms with Crippen molar-refractivity contribution in [3.63, 3.8) is 0 Å². The smallest absolute Gasteiger partial charge is 0.224 e. The molecule has 1 aromatic carbocycles. The third-order valence-corrected chi connectivity index (χ3v) is 3.70. The van der Waals surface area contributed by atoms with E-state index in [9.17, 15) is 9.59 Å². The first kappa shape index (κ1) is 18.3. The highest BCUT2D eigenvalue weighted by Crippen LogP contribution is 2.33. The number of anilines is 1. The van der Waals surface area contributed by atoms with Crippen molar-refractivity contribution in [1.29, 1.82) is 0 Å². The third-order valence-electron chi connectivity index (χ3n) is 3.29. The van der Waals surface area contributed by atoms with Crippen LogP contribution in [0.1, 0.15) is 26.3 Å². The molecule has 122 valence electrons. The van der Waals surface area contributed by atoms with E-state index in [0.29, 0.717) is 29.5 Å². The minimum Gasteiger partial charge on any atom is -0.495 e. The monoisotopic (exact) mass is 326 g/mol. The van der Waals surface area contributed by atoms with Crippen LogP contribution in [0.15, 0.2) is 12.1 Å². The van der Waals surface area contributed by atoms with Crippen LogP contribution in [0, 0.1) is 12.8 Å². The summed E-state index contributed by atoms with van der Waals surface area (Å²) in [6.07, 6.45) is 0. The number of amides is 2. The topological polar surface area (TPSA) is 58.6 Å². The number of aryl methyl sites for hydroxylation is 1. The number of ether oxygens (including phenoxy) is 1. The number of hydrogen-bond acceptors (Lipinski definition) is 3. The molecule has 0 aliphatic carbocycles. The molecule has 0 spiro atoms. The Balaban J connectivity index is 2.94. The SMILES string of the molecule is COc1cc(Cl)c(C)cc1N(CCNC(=O)C(C)C)C(C)=O. The third kappa shape index (κ3) is 4.63. The van der Waals surface area contributed by atoms with Gasteiger partial charge in [-0.25, -0.2) is 0 Å². The number of nitrogens with one attached hydrogen (secondary N) is 1. The van der Waals surface area contributed by atoms with E-state index < -0.39 is 0 Å². The molecule has 6 heteroatoms. The minimum atomic E-state index is -0.126. The lowest BCUT2D eigenvalue weighted by Crippen LogP contribution is -2.39. The molecule has 1 rings (SSSR count). The van der Waals surface area contributed by atoms with E-state index >= 15 is 0 Å². The van der Waals surface area contributed by atoms with Gasteiger partial charge in [-0.1, -0.05) is 25.4 Å². The number of halogens is 1. The highest BCUT2D eigenvalue weighted by molar-refractivity contribution is 6.31. The van der Waals surface area contributed by atoms with Crippen molar-refractivity contribution in [3.05, 3.63) is 22.7 Å². The number of carbonyl (C=O) groups is 2. The van der Waals surface area contributed by atoms with Gasteiger partial charge < -0.3 is 15.0 Å². The summed E-state index contributed by atoms with van der Waals surface area (Å²) in [5.74, 6) is 0.278. The van der Waals surface area contributed by atoms with E-state index in [0.717, 1.165) is 5.56 Å². The number of methoxy groups -OCH3 is 1. The Hall–Kier alpha value is -1.75. The first-order valence-electron chi connectivity index (χ1n) is 7.17. The second kappa shape index (κ2) is 8.03. The van der Waals surface area contributed by atoms with E-state index in [1.54, 1.807) is 11.0 Å². The number of nitrogens with zero attached hydrogens (tertiary/aromatic N) is 1. The first-order valence-corrected chi connectivity index (χ1v) is 7.55. The standard InChI is InChI=1S/C16H23ClN2O3/c1-10(2)16(21)18-6-7-19(12(4)20)14-8-11(3)13(17)9-15(14)22-5/h8-10H,6-7H2,1-5H3,(H,18,21). The summed E-state index contributed by atoms with van der Waals surface area (Å²) in [6, 6.07) is 3.50. The Bertz CT molecular complexity index is 559. The Kier molecular flexibility index (Phi) is 6.68. The predicted octanol–water partition coefficient (Wildman–Crippen LogP) is 2.78. The predicted molar refractivity (Wildman–Crippen MR) is 88.6 cm³/mol. The van der Waals surface area contributed by atoms with E-state index in [1.807, 2.05) is 26.8 Å². The van der Waals surface area contributed by atoms with E-state index in [1.165, 1.54) is 14.0 Å². The molecular weight excluding hydrogens is 304 g/mol. The van der Waals surface area contributed by atoms with Crippen LogP contribution in [0.5, 0.6) is 5.75 Å². The molecule has 0 fully saturated rings. The summed E-state index contributed by atoms with van der Waals surface area (Å²) >= 11 is 6.09. The fourth-order valence-electron chi connectivity index (χ4n) is 1.97. The van der Waals surface area contributed by atoms with Gasteiger partial charge in [0, 0.05) is 37.0 Å². The molecule has 1 N–H and O–H groups in total. The van der Waals surface area contributed by atoms with Gasteiger partial charge in [-0.2, -0.15) is 0 Å². The van der Waals surface area contributed by atoms with E-state index in [4.69, 9.17) is 16.3 Å². The van der Waals surface area contributed by atoms with Gasteiger partial charge in [0.05, 0.1) is 12.8 Å². The van der Waals surface area contributed by atoms with Crippen molar-refractivity contribution in [2.24, 2.45) is 5.92 Å². The van der Waals surface area contributed by atoms with Crippen molar-refractivity contribution in [1.82, 2.24) is 5.32 Å². The van der Waals surface area contributed by atoms with Crippen molar-refractivity contribution < 1.29 is 14.3 Å². The van der Waals surface area contributed by atoms with Crippen LogP contribution in [0.25, 0.3) is 0 Å². The molecule has 0 atom stereocenters. The summed E-state index contributed by atoms with van der Waals surface area (Å²) in [4.78, 5) is 25.1. The van der Waals surface area contributed by atoms with Gasteiger partial charge in [0.25, 0.3) is 0 Å². The van der Waals surface area contributed by atoms with Gasteiger partial charge in [-0.3, -0.25) is 9.59 Å². The second-order valence-corrected chi connectivity index (χ2v) is 5.80. The molecule has 5 nitrogen and oxygen atoms in total. The maximum absolute atomic E-state index is 11.9. The molecule has 0 saturated carbocycles. The van der Waals surface area contributed by atoms with Crippen molar-refractivity contribution in [3.8, 4) is 5.75 Å². The van der Waals surface area contributed by atoms with Gasteiger partial charge in [0.15, 0.2) is 0 Å². The molecule has 2 amide bonds. The second-order valence-electron chi connectivity index (χ2n) is 5.39. The number of rotatable bonds is 6. The van der Waals surface area contributed by atoms with Crippen LogP contribution >= 0.6 is 11.6 Å². The maximum atomic E-state index is 11.9. The zero-order valence-corrected chi connectivity index (χ0v) is 14.5. The summed E-state index contributed by atoms with van der Waals surface area (Å²) in [6.45, 7) is 7.73. The van der Waals surface area contributed by atoms with Crippen LogP contribution in [0.3, 0.4) is 0 Å². The highest BCUT2D eigenvalue weighted by atomic mass is 35.5. The van der Waals surface area contributed by atoms with Gasteiger partial charge in [0.2, 0.25) is 11.8 Å². The van der Waals surface area contributed by atoms with Crippen molar-refractivity contribution in [2.45, 2.75) is 27.7 Å². The van der Waals surface area contributed by atoms with Crippen LogP contribution in [0.2, 0.25) is 5.02 Å². The molecule has 0 aliphatic heterocycles. The lowest BCUT2D eigenvalue weighted by atomic mass is 10.1. The molecule has 0 aromatic heterocycles. The van der Waals surface area contributed by atoms with Gasteiger partial charge in [-0.15, -0.1) is 0 Å². The lowest BCUT2D eigenvalue weighted by molar-refractivity contribution is -0.124. The minimum absolute atomic E-state index is 0.0391. The normalized spacial score (nSPS) is 10.5. The fraction of sp³-hybridized carbons (Fsp3) is 0.500. The van der Waals surface area contributed by atoms with Crippen LogP contribution < -0.4 is 15.0 Å². The summed E-state index contributed by atoms with van der Waals surface area (Å²) < 4.78 is 5.31. The Morgan fingerprint density at radius 1 is 1.36 bits per heavy atom. The first-order chi connectivity index (χ1) is 10.3. The van der Waals surface area contributed by atoms with Gasteiger partial charge >= 0.3 is 0 Å². The molecular formula is C16H23ClN2O3. The van der Waals surface area contributed by atoms with Crippen molar-refractivity contribution >= 4 is 29.1 Å². The van der Waals surface area contributed by atoms with E-state index in [2.05, 4.69) is 5.32 Å². The Morgan fingerprint density at radius 3 is 2.50 bits per heavy atom. The highest BCUT2D eigenvalue weighted by Gasteiger charge is 2.18. The molecule has 0 unspecified atom stereocenters. The maximum Gasteiger partial charge on any atom is 0.224 e. The fourth-order valence-corrected chi connectivity index (χ4v) is 2.12. The molecule has 0 bridgehead atoms. The van der Waals surface area contributed by atoms with E-state index in [-0.39, 0.29) is 17.7 Å². The summed E-state index contributed by atoms with van der Waals surface area (Å²) in [5, 5.41) is 3.38. The summed E-state index contributed by atoms with van der Waals surface area (Å²) in [7, 11) is 1.53. The quantitative estimate of drug-likeness (QED) is 0.874. The lowest BCUT2D eigenvalue weighted by Gasteiger charge is -2.24. The zero-order valence-electron chi connectivity index (χ0n) is 13.7.